The third-order valence-electron chi connectivity index (χ3n) is 3.25. The average molecular weight is 304 g/mol. The number of furan rings is 1. The van der Waals surface area contributed by atoms with Gasteiger partial charge in [0.05, 0.1) is 6.26 Å². The summed E-state index contributed by atoms with van der Waals surface area (Å²) in [7, 11) is 1.87. The van der Waals surface area contributed by atoms with Crippen LogP contribution in [0.3, 0.4) is 0 Å². The van der Waals surface area contributed by atoms with E-state index in [4.69, 9.17) is 4.42 Å². The molecule has 2 aromatic rings. The van der Waals surface area contributed by atoms with E-state index < -0.39 is 0 Å². The van der Waals surface area contributed by atoms with E-state index in [1.807, 2.05) is 19.2 Å². The molecule has 0 aliphatic carbocycles. The molecule has 7 nitrogen and oxygen atoms in total. The first-order chi connectivity index (χ1) is 10.8. The van der Waals surface area contributed by atoms with Crippen LogP contribution < -0.4 is 10.6 Å². The number of aryl methyl sites for hydroxylation is 1. The molecule has 2 heterocycles. The van der Waals surface area contributed by atoms with Crippen molar-refractivity contribution in [2.75, 3.05) is 13.1 Å². The Hall–Kier alpha value is -2.31. The van der Waals surface area contributed by atoms with Crippen molar-refractivity contribution in [1.29, 1.82) is 0 Å². The summed E-state index contributed by atoms with van der Waals surface area (Å²) >= 11 is 0. The molecule has 22 heavy (non-hydrogen) atoms. The largest absolute Gasteiger partial charge is 0.469 e. The Morgan fingerprint density at radius 2 is 2.23 bits per heavy atom. The van der Waals surface area contributed by atoms with Crippen molar-refractivity contribution in [3.8, 4) is 0 Å². The Balaban J connectivity index is 1.85. The third-order valence-corrected chi connectivity index (χ3v) is 3.25. The normalized spacial score (nSPS) is 11.6. The highest BCUT2D eigenvalue weighted by Crippen LogP contribution is 1.99. The summed E-state index contributed by atoms with van der Waals surface area (Å²) < 4.78 is 7.06. The zero-order valence-electron chi connectivity index (χ0n) is 13.2. The van der Waals surface area contributed by atoms with Gasteiger partial charge < -0.3 is 15.1 Å². The number of nitrogens with one attached hydrogen (secondary N) is 2. The molecule has 120 valence electrons. The van der Waals surface area contributed by atoms with Gasteiger partial charge in [-0.15, -0.1) is 0 Å². The van der Waals surface area contributed by atoms with Crippen LogP contribution in [0.1, 0.15) is 31.4 Å². The van der Waals surface area contributed by atoms with Crippen LogP contribution in [0.25, 0.3) is 0 Å². The fourth-order valence-corrected chi connectivity index (χ4v) is 1.93. The summed E-state index contributed by atoms with van der Waals surface area (Å²) in [5.41, 5.74) is 0. The topological polar surface area (TPSA) is 80.3 Å². The van der Waals surface area contributed by atoms with Crippen LogP contribution in [-0.2, 0) is 20.0 Å². The van der Waals surface area contributed by atoms with E-state index in [-0.39, 0.29) is 0 Å². The summed E-state index contributed by atoms with van der Waals surface area (Å²) in [6.45, 7) is 4.34. The minimum absolute atomic E-state index is 0.499. The average Bonchev–Trinajstić information content (AvgIpc) is 3.16. The molecule has 2 N–H and O–H groups in total. The molecule has 0 aliphatic rings. The molecule has 2 aromatic heterocycles. The van der Waals surface area contributed by atoms with E-state index >= 15 is 0 Å². The van der Waals surface area contributed by atoms with Crippen molar-refractivity contribution in [1.82, 2.24) is 25.4 Å². The molecule has 0 radical (unpaired) electrons. The van der Waals surface area contributed by atoms with E-state index in [1.54, 1.807) is 17.3 Å². The van der Waals surface area contributed by atoms with Crippen LogP contribution in [0.15, 0.2) is 34.1 Å². The van der Waals surface area contributed by atoms with Gasteiger partial charge in [-0.25, -0.2) is 9.98 Å². The molecule has 0 saturated heterocycles. The van der Waals surface area contributed by atoms with Crippen LogP contribution in [0.5, 0.6) is 0 Å². The van der Waals surface area contributed by atoms with Gasteiger partial charge in [0, 0.05) is 26.6 Å². The first kappa shape index (κ1) is 16.1. The molecule has 0 unspecified atom stereocenters. The second kappa shape index (κ2) is 8.86. The van der Waals surface area contributed by atoms with Crippen LogP contribution in [0.2, 0.25) is 0 Å². The lowest BCUT2D eigenvalue weighted by Crippen LogP contribution is -2.39. The van der Waals surface area contributed by atoms with Gasteiger partial charge in [0.25, 0.3) is 0 Å². The number of aromatic nitrogens is 3. The number of hydrogen-bond donors (Lipinski definition) is 2. The SMILES string of the molecule is CCCCNC(=NCc1ncnn1C)NCCc1ccco1. The maximum absolute atomic E-state index is 5.33. The van der Waals surface area contributed by atoms with Crippen molar-refractivity contribution in [2.24, 2.45) is 12.0 Å². The van der Waals surface area contributed by atoms with Crippen LogP contribution in [0, 0.1) is 0 Å². The molecule has 0 fully saturated rings. The first-order valence-corrected chi connectivity index (χ1v) is 7.67. The standard InChI is InChI=1S/C15H24N6O/c1-3-4-8-16-15(17-9-7-13-6-5-10-22-13)18-11-14-19-12-20-21(14)2/h5-6,10,12H,3-4,7-9,11H2,1-2H3,(H2,16,17,18). The Labute approximate surface area is 130 Å². The minimum atomic E-state index is 0.499. The lowest BCUT2D eigenvalue weighted by molar-refractivity contribution is 0.506. The van der Waals surface area contributed by atoms with E-state index in [0.717, 1.165) is 49.9 Å². The summed E-state index contributed by atoms with van der Waals surface area (Å²) in [5, 5.41) is 10.7. The zero-order valence-corrected chi connectivity index (χ0v) is 13.2. The third kappa shape index (κ3) is 5.23. The number of unbranched alkanes of at least 4 members (excludes halogenated alkanes) is 1. The highest BCUT2D eigenvalue weighted by atomic mass is 16.3. The number of guanidine groups is 1. The summed E-state index contributed by atoms with van der Waals surface area (Å²) in [6.07, 6.45) is 6.32. The highest BCUT2D eigenvalue weighted by Gasteiger charge is 2.02. The molecule has 7 heteroatoms. The maximum atomic E-state index is 5.33. The fourth-order valence-electron chi connectivity index (χ4n) is 1.93. The van der Waals surface area contributed by atoms with Gasteiger partial charge in [-0.3, -0.25) is 4.68 Å². The zero-order chi connectivity index (χ0) is 15.6. The predicted octanol–water partition coefficient (Wildman–Crippen LogP) is 1.49. The van der Waals surface area contributed by atoms with Crippen LogP contribution >= 0.6 is 0 Å². The molecular weight excluding hydrogens is 280 g/mol. The van der Waals surface area contributed by atoms with Gasteiger partial charge in [-0.2, -0.15) is 5.10 Å². The van der Waals surface area contributed by atoms with Gasteiger partial charge in [0.15, 0.2) is 5.96 Å². The number of hydrogen-bond acceptors (Lipinski definition) is 4. The fraction of sp³-hybridized carbons (Fsp3) is 0.533. The van der Waals surface area contributed by atoms with Gasteiger partial charge in [-0.1, -0.05) is 13.3 Å². The molecule has 0 atom stereocenters. The second-order valence-electron chi connectivity index (χ2n) is 5.00. The first-order valence-electron chi connectivity index (χ1n) is 7.67. The van der Waals surface area contributed by atoms with E-state index in [2.05, 4.69) is 32.6 Å². The smallest absolute Gasteiger partial charge is 0.191 e. The van der Waals surface area contributed by atoms with Crippen molar-refractivity contribution < 1.29 is 4.42 Å². The van der Waals surface area contributed by atoms with Gasteiger partial charge in [0.2, 0.25) is 0 Å². The summed E-state index contributed by atoms with van der Waals surface area (Å²) in [4.78, 5) is 8.74. The Morgan fingerprint density at radius 1 is 1.36 bits per heavy atom. The molecular formula is C15H24N6O. The Bertz CT molecular complexity index is 560. The molecule has 0 amide bonds. The van der Waals surface area contributed by atoms with E-state index in [1.165, 1.54) is 0 Å². The summed E-state index contributed by atoms with van der Waals surface area (Å²) in [5.74, 6) is 2.60. The number of nitrogens with zero attached hydrogens (tertiary/aromatic N) is 4. The minimum Gasteiger partial charge on any atom is -0.469 e. The monoisotopic (exact) mass is 304 g/mol. The lowest BCUT2D eigenvalue weighted by atomic mass is 10.3. The van der Waals surface area contributed by atoms with Gasteiger partial charge >= 0.3 is 0 Å². The van der Waals surface area contributed by atoms with Crippen LogP contribution in [0.4, 0.5) is 0 Å². The molecule has 0 aromatic carbocycles. The maximum Gasteiger partial charge on any atom is 0.191 e. The molecule has 0 bridgehead atoms. The van der Waals surface area contributed by atoms with Crippen molar-refractivity contribution >= 4 is 5.96 Å². The molecule has 0 aliphatic heterocycles. The molecule has 0 saturated carbocycles. The molecule has 2 rings (SSSR count). The van der Waals surface area contributed by atoms with Crippen molar-refractivity contribution in [3.05, 3.63) is 36.3 Å². The number of rotatable bonds is 8. The van der Waals surface area contributed by atoms with E-state index in [0.29, 0.717) is 6.54 Å². The molecule has 0 spiro atoms. The van der Waals surface area contributed by atoms with Gasteiger partial charge in [-0.05, 0) is 18.6 Å². The lowest BCUT2D eigenvalue weighted by Gasteiger charge is -2.11. The summed E-state index contributed by atoms with van der Waals surface area (Å²) in [6, 6.07) is 3.88. The van der Waals surface area contributed by atoms with Gasteiger partial charge in [0.1, 0.15) is 24.5 Å². The van der Waals surface area contributed by atoms with Crippen molar-refractivity contribution in [2.45, 2.75) is 32.7 Å². The highest BCUT2D eigenvalue weighted by molar-refractivity contribution is 5.79. The van der Waals surface area contributed by atoms with E-state index in [9.17, 15) is 0 Å². The quantitative estimate of drug-likeness (QED) is 0.439. The predicted molar refractivity (Wildman–Crippen MR) is 85.5 cm³/mol. The number of aliphatic imine (C=N–C) groups is 1. The second-order valence-corrected chi connectivity index (χ2v) is 5.00. The van der Waals surface area contributed by atoms with Crippen molar-refractivity contribution in [3.63, 3.8) is 0 Å². The Morgan fingerprint density at radius 3 is 2.91 bits per heavy atom. The Kier molecular flexibility index (Phi) is 6.47. The van der Waals surface area contributed by atoms with Crippen LogP contribution in [-0.4, -0.2) is 33.8 Å².